The second kappa shape index (κ2) is 6.91. The summed E-state index contributed by atoms with van der Waals surface area (Å²) in [5.41, 5.74) is 6.48. The maximum atomic E-state index is 12.2. The Kier molecular flexibility index (Phi) is 4.44. The maximum Gasteiger partial charge on any atom is 0.280 e. The van der Waals surface area contributed by atoms with Gasteiger partial charge in [0.05, 0.1) is 12.7 Å². The van der Waals surface area contributed by atoms with Crippen molar-refractivity contribution in [1.29, 1.82) is 0 Å². The summed E-state index contributed by atoms with van der Waals surface area (Å²) in [7, 11) is 0. The Morgan fingerprint density at radius 2 is 2.11 bits per heavy atom. The number of hydrogen-bond acceptors (Lipinski definition) is 8. The van der Waals surface area contributed by atoms with Crippen molar-refractivity contribution >= 4 is 29.3 Å². The molecular weight excluding hydrogens is 352 g/mol. The molecule has 0 bridgehead atoms. The number of aromatic amines is 1. The highest BCUT2D eigenvalue weighted by Crippen LogP contribution is 2.32. The van der Waals surface area contributed by atoms with Crippen LogP contribution in [0.2, 0.25) is 0 Å². The number of nitrogens with two attached hydrogens (primary N) is 1. The van der Waals surface area contributed by atoms with Crippen LogP contribution in [0.5, 0.6) is 0 Å². The van der Waals surface area contributed by atoms with E-state index < -0.39 is 24.0 Å². The number of nitrogen functional groups attached to an aromatic ring is 1. The fraction of sp³-hybridized carbons (Fsp3) is 0.294. The molecule has 0 aromatic carbocycles. The quantitative estimate of drug-likeness (QED) is 0.497. The number of aliphatic hydroxyl groups excluding tert-OH is 2. The molecule has 10 heteroatoms. The van der Waals surface area contributed by atoms with Gasteiger partial charge < -0.3 is 20.7 Å². The molecule has 0 spiro atoms. The van der Waals surface area contributed by atoms with Gasteiger partial charge in [-0.15, -0.1) is 0 Å². The number of anilines is 1. The number of pyridine rings is 1. The smallest absolute Gasteiger partial charge is 0.280 e. The molecule has 0 radical (unpaired) electrons. The van der Waals surface area contributed by atoms with E-state index in [1.807, 2.05) is 18.2 Å². The molecule has 140 valence electrons. The standard InChI is InChI=1S/C17H18N6O4/c18-17-21-15-14(16(26)22-17)20-12(2-1-9-3-5-19-6-4-9)23(15)13-7-10(25)11(8-24)27-13/h1-6,10-11,13,24-25H,7-8H2,(H3,18,21,22,26)/b2-1+/t10-,11+,13+/m0/s1. The SMILES string of the molecule is Nc1nc2c(nc(/C=C/c3ccncc3)n2[C@H]2C[C@H](O)[C@@H](CO)O2)c(=O)[nH]1. The molecule has 1 aliphatic rings. The number of aromatic nitrogens is 5. The molecule has 0 amide bonds. The van der Waals surface area contributed by atoms with E-state index in [0.717, 1.165) is 5.56 Å². The molecule has 0 aliphatic carbocycles. The topological polar surface area (TPSA) is 152 Å². The zero-order valence-corrected chi connectivity index (χ0v) is 14.2. The Hall–Kier alpha value is -3.08. The molecule has 4 heterocycles. The number of aliphatic hydroxyl groups is 2. The van der Waals surface area contributed by atoms with Gasteiger partial charge in [-0.2, -0.15) is 4.98 Å². The first-order valence-electron chi connectivity index (χ1n) is 8.37. The van der Waals surface area contributed by atoms with Gasteiger partial charge in [0.25, 0.3) is 5.56 Å². The molecule has 1 saturated heterocycles. The lowest BCUT2D eigenvalue weighted by Crippen LogP contribution is -2.24. The van der Waals surface area contributed by atoms with Crippen LogP contribution in [0.4, 0.5) is 5.95 Å². The minimum absolute atomic E-state index is 0.0458. The second-order valence-corrected chi connectivity index (χ2v) is 6.19. The Bertz CT molecular complexity index is 1040. The van der Waals surface area contributed by atoms with Crippen LogP contribution < -0.4 is 11.3 Å². The average Bonchev–Trinajstić information content (AvgIpc) is 3.20. The largest absolute Gasteiger partial charge is 0.394 e. The summed E-state index contributed by atoms with van der Waals surface area (Å²) < 4.78 is 7.34. The molecule has 0 unspecified atom stereocenters. The third-order valence-corrected chi connectivity index (χ3v) is 4.40. The Morgan fingerprint density at radius 1 is 1.33 bits per heavy atom. The van der Waals surface area contributed by atoms with Crippen LogP contribution in [0.1, 0.15) is 24.0 Å². The van der Waals surface area contributed by atoms with E-state index in [-0.39, 0.29) is 30.1 Å². The highest BCUT2D eigenvalue weighted by molar-refractivity contribution is 5.77. The molecule has 0 saturated carbocycles. The number of hydrogen-bond donors (Lipinski definition) is 4. The van der Waals surface area contributed by atoms with E-state index in [1.54, 1.807) is 23.0 Å². The summed E-state index contributed by atoms with van der Waals surface area (Å²) in [5, 5.41) is 19.4. The number of fused-ring (bicyclic) bond motifs is 1. The minimum atomic E-state index is -0.839. The first-order chi connectivity index (χ1) is 13.1. The fourth-order valence-electron chi connectivity index (χ4n) is 3.10. The van der Waals surface area contributed by atoms with Gasteiger partial charge in [-0.05, 0) is 23.8 Å². The van der Waals surface area contributed by atoms with Crippen molar-refractivity contribution in [2.45, 2.75) is 24.9 Å². The van der Waals surface area contributed by atoms with Gasteiger partial charge in [-0.3, -0.25) is 19.3 Å². The number of nitrogens with one attached hydrogen (secondary N) is 1. The summed E-state index contributed by atoms with van der Waals surface area (Å²) in [4.78, 5) is 27.2. The molecule has 1 aliphatic heterocycles. The lowest BCUT2D eigenvalue weighted by molar-refractivity contribution is -0.0433. The van der Waals surface area contributed by atoms with Gasteiger partial charge in [0, 0.05) is 18.8 Å². The van der Waals surface area contributed by atoms with E-state index in [4.69, 9.17) is 10.5 Å². The van der Waals surface area contributed by atoms with E-state index in [9.17, 15) is 15.0 Å². The molecule has 27 heavy (non-hydrogen) atoms. The summed E-state index contributed by atoms with van der Waals surface area (Å²) in [6.45, 7) is -0.317. The molecule has 10 nitrogen and oxygen atoms in total. The summed E-state index contributed by atoms with van der Waals surface area (Å²) in [6.07, 6.45) is 4.88. The van der Waals surface area contributed by atoms with Gasteiger partial charge in [-0.25, -0.2) is 4.98 Å². The molecular formula is C17H18N6O4. The van der Waals surface area contributed by atoms with Crippen molar-refractivity contribution < 1.29 is 14.9 Å². The van der Waals surface area contributed by atoms with E-state index in [0.29, 0.717) is 5.82 Å². The number of nitrogens with zero attached hydrogens (tertiary/aromatic N) is 4. The van der Waals surface area contributed by atoms with Gasteiger partial charge in [0.1, 0.15) is 18.2 Å². The summed E-state index contributed by atoms with van der Waals surface area (Å²) in [5.74, 6) is 0.372. The van der Waals surface area contributed by atoms with E-state index in [1.165, 1.54) is 0 Å². The number of rotatable bonds is 4. The lowest BCUT2D eigenvalue weighted by Gasteiger charge is -2.15. The number of ether oxygens (including phenoxy) is 1. The predicted molar refractivity (Wildman–Crippen MR) is 97.3 cm³/mol. The normalized spacial score (nSPS) is 22.8. The first kappa shape index (κ1) is 17.3. The third kappa shape index (κ3) is 3.21. The zero-order valence-electron chi connectivity index (χ0n) is 14.2. The van der Waals surface area contributed by atoms with Crippen molar-refractivity contribution in [2.24, 2.45) is 0 Å². The average molecular weight is 370 g/mol. The van der Waals surface area contributed by atoms with E-state index >= 15 is 0 Å². The molecule has 4 rings (SSSR count). The van der Waals surface area contributed by atoms with Crippen molar-refractivity contribution in [2.75, 3.05) is 12.3 Å². The van der Waals surface area contributed by atoms with E-state index in [2.05, 4.69) is 19.9 Å². The minimum Gasteiger partial charge on any atom is -0.394 e. The van der Waals surface area contributed by atoms with Crippen LogP contribution in [0.3, 0.4) is 0 Å². The van der Waals surface area contributed by atoms with Gasteiger partial charge >= 0.3 is 0 Å². The molecule has 3 aromatic heterocycles. The fourth-order valence-corrected chi connectivity index (χ4v) is 3.10. The predicted octanol–water partition coefficient (Wildman–Crippen LogP) is -0.0921. The Morgan fingerprint density at radius 3 is 2.81 bits per heavy atom. The van der Waals surface area contributed by atoms with Crippen LogP contribution in [0.15, 0.2) is 29.3 Å². The van der Waals surface area contributed by atoms with Crippen molar-refractivity contribution in [3.63, 3.8) is 0 Å². The van der Waals surface area contributed by atoms with Gasteiger partial charge in [-0.1, -0.05) is 6.08 Å². The summed E-state index contributed by atoms with van der Waals surface area (Å²) in [6, 6.07) is 3.65. The van der Waals surface area contributed by atoms with Crippen LogP contribution in [-0.2, 0) is 4.74 Å². The molecule has 3 aromatic rings. The Balaban J connectivity index is 1.84. The van der Waals surface area contributed by atoms with Crippen molar-refractivity contribution in [3.05, 3.63) is 46.3 Å². The highest BCUT2D eigenvalue weighted by atomic mass is 16.5. The number of H-pyrrole nitrogens is 1. The van der Waals surface area contributed by atoms with Crippen LogP contribution in [0.25, 0.3) is 23.3 Å². The highest BCUT2D eigenvalue weighted by Gasteiger charge is 2.36. The summed E-state index contributed by atoms with van der Waals surface area (Å²) >= 11 is 0. The third-order valence-electron chi connectivity index (χ3n) is 4.40. The second-order valence-electron chi connectivity index (χ2n) is 6.19. The van der Waals surface area contributed by atoms with Crippen LogP contribution >= 0.6 is 0 Å². The maximum absolute atomic E-state index is 12.2. The van der Waals surface area contributed by atoms with Crippen molar-refractivity contribution in [3.8, 4) is 0 Å². The molecule has 3 atom stereocenters. The van der Waals surface area contributed by atoms with Crippen LogP contribution in [0, 0.1) is 0 Å². The molecule has 5 N–H and O–H groups in total. The number of imidazole rings is 1. The molecule has 1 fully saturated rings. The lowest BCUT2D eigenvalue weighted by atomic mass is 10.2. The van der Waals surface area contributed by atoms with Gasteiger partial charge in [0.2, 0.25) is 5.95 Å². The monoisotopic (exact) mass is 370 g/mol. The first-order valence-corrected chi connectivity index (χ1v) is 8.37. The van der Waals surface area contributed by atoms with Crippen LogP contribution in [-0.4, -0.2) is 53.5 Å². The zero-order chi connectivity index (χ0) is 19.0. The van der Waals surface area contributed by atoms with Gasteiger partial charge in [0.15, 0.2) is 11.2 Å². The van der Waals surface area contributed by atoms with Crippen molar-refractivity contribution in [1.82, 2.24) is 24.5 Å². The Labute approximate surface area is 153 Å².